The van der Waals surface area contributed by atoms with Gasteiger partial charge in [0.2, 0.25) is 0 Å². The second-order valence-corrected chi connectivity index (χ2v) is 11.8. The van der Waals surface area contributed by atoms with E-state index in [0.717, 1.165) is 0 Å². The second-order valence-electron chi connectivity index (χ2n) is 11.8. The smallest absolute Gasteiger partial charge is 0.310 e. The van der Waals surface area contributed by atoms with Crippen LogP contribution in [0, 0.1) is 0 Å². The monoisotopic (exact) mass is 626 g/mol. The Labute approximate surface area is 260 Å². The van der Waals surface area contributed by atoms with E-state index in [1.165, 1.54) is 28.1 Å². The standard InChI is InChI=1S/C34H26O12/c1-11(35)23-27-31(43-19-9-21(37)45-33(19)27)15-5-13(7-17(41-3)25(15)29(23)39)14-6-16-26(18(8-14)42-4)30(40)24(12(2)36)28-32(16)44-20-10-22(38)46-34(20)28/h5-8,19-20,33-34,39-40H,9-10H2,1-4H3/t19-,20-,33+,34+/m1/s1. The second kappa shape index (κ2) is 9.49. The van der Waals surface area contributed by atoms with E-state index in [4.69, 9.17) is 28.4 Å². The third kappa shape index (κ3) is 3.60. The maximum Gasteiger partial charge on any atom is 0.310 e. The minimum absolute atomic E-state index is 0.00108. The number of ether oxygens (including phenoxy) is 6. The zero-order chi connectivity index (χ0) is 32.3. The molecule has 4 atom stereocenters. The Kier molecular flexibility index (Phi) is 5.77. The van der Waals surface area contributed by atoms with Gasteiger partial charge in [-0.1, -0.05) is 0 Å². The number of aromatic hydroxyl groups is 2. The number of hydrogen-bond acceptors (Lipinski definition) is 12. The Hall–Kier alpha value is -5.52. The van der Waals surface area contributed by atoms with E-state index in [2.05, 4.69) is 0 Å². The molecule has 46 heavy (non-hydrogen) atoms. The summed E-state index contributed by atoms with van der Waals surface area (Å²) >= 11 is 0. The summed E-state index contributed by atoms with van der Waals surface area (Å²) < 4.78 is 34.9. The number of Topliss-reactive ketones (excluding diaryl/α,β-unsaturated/α-hetero) is 2. The fourth-order valence-electron chi connectivity index (χ4n) is 7.34. The van der Waals surface area contributed by atoms with Crippen molar-refractivity contribution in [2.45, 2.75) is 51.1 Å². The highest BCUT2D eigenvalue weighted by Crippen LogP contribution is 2.57. The van der Waals surface area contributed by atoms with Crippen LogP contribution in [-0.4, -0.2) is 60.1 Å². The molecule has 8 rings (SSSR count). The van der Waals surface area contributed by atoms with Crippen LogP contribution >= 0.6 is 0 Å². The number of rotatable bonds is 5. The lowest BCUT2D eigenvalue weighted by atomic mass is 9.89. The summed E-state index contributed by atoms with van der Waals surface area (Å²) in [5.41, 5.74) is 1.76. The van der Waals surface area contributed by atoms with Crippen molar-refractivity contribution in [2.24, 2.45) is 0 Å². The van der Waals surface area contributed by atoms with Gasteiger partial charge in [-0.3, -0.25) is 19.2 Å². The van der Waals surface area contributed by atoms with E-state index >= 15 is 0 Å². The topological polar surface area (TPSA) is 164 Å². The molecule has 0 aliphatic carbocycles. The molecule has 4 aliphatic rings. The van der Waals surface area contributed by atoms with E-state index in [1.54, 1.807) is 24.3 Å². The van der Waals surface area contributed by atoms with Gasteiger partial charge in [0.05, 0.1) is 60.1 Å². The molecule has 0 saturated carbocycles. The average Bonchev–Trinajstić information content (AvgIpc) is 3.75. The maximum atomic E-state index is 12.8. The number of phenolic OH excluding ortho intramolecular Hbond substituents is 2. The zero-order valence-electron chi connectivity index (χ0n) is 25.0. The highest BCUT2D eigenvalue weighted by Gasteiger charge is 2.49. The van der Waals surface area contributed by atoms with Crippen molar-refractivity contribution in [3.8, 4) is 45.6 Å². The Bertz CT molecular complexity index is 1980. The Morgan fingerprint density at radius 1 is 0.674 bits per heavy atom. The number of phenols is 2. The Balaban J connectivity index is 1.41. The van der Waals surface area contributed by atoms with Crippen molar-refractivity contribution in [1.82, 2.24) is 0 Å². The predicted molar refractivity (Wildman–Crippen MR) is 159 cm³/mol. The van der Waals surface area contributed by atoms with Crippen LogP contribution in [0.25, 0.3) is 32.7 Å². The average molecular weight is 627 g/mol. The van der Waals surface area contributed by atoms with Gasteiger partial charge in [0.1, 0.15) is 34.5 Å². The van der Waals surface area contributed by atoms with E-state index in [-0.39, 0.29) is 57.7 Å². The number of ketones is 2. The normalized spacial score (nSPS) is 22.0. The molecule has 2 N–H and O–H groups in total. The van der Waals surface area contributed by atoms with Crippen LogP contribution in [0.15, 0.2) is 24.3 Å². The summed E-state index contributed by atoms with van der Waals surface area (Å²) in [6.07, 6.45) is -3.03. The van der Waals surface area contributed by atoms with E-state index in [1.807, 2.05) is 0 Å². The van der Waals surface area contributed by atoms with Crippen molar-refractivity contribution in [3.63, 3.8) is 0 Å². The first-order valence-electron chi connectivity index (χ1n) is 14.6. The fraction of sp³-hybridized carbons (Fsp3) is 0.294. The van der Waals surface area contributed by atoms with E-state index < -0.39 is 47.9 Å². The van der Waals surface area contributed by atoms with Crippen LogP contribution in [0.5, 0.6) is 34.5 Å². The molecule has 12 nitrogen and oxygen atoms in total. The molecule has 0 bridgehead atoms. The van der Waals surface area contributed by atoms with Crippen LogP contribution in [0.3, 0.4) is 0 Å². The number of methoxy groups -OCH3 is 2. The van der Waals surface area contributed by atoms with Gasteiger partial charge < -0.3 is 38.6 Å². The van der Waals surface area contributed by atoms with Crippen LogP contribution in [0.2, 0.25) is 0 Å². The van der Waals surface area contributed by atoms with Crippen LogP contribution < -0.4 is 18.9 Å². The SMILES string of the molecule is COc1cc(-c2cc(OC)c3c(O)c(C(C)=O)c4c(c3c2)O[C@@H]2CC(=O)O[C@H]42)cc2c3c(c(C(C)=O)c(O)c12)[C@H]1OC(=O)C[C@H]1O3. The number of fused-ring (bicyclic) bond motifs is 10. The van der Waals surface area contributed by atoms with Gasteiger partial charge in [0, 0.05) is 10.8 Å². The molecule has 0 unspecified atom stereocenters. The molecule has 4 aromatic rings. The first-order chi connectivity index (χ1) is 22.0. The minimum Gasteiger partial charge on any atom is -0.506 e. The van der Waals surface area contributed by atoms with Crippen molar-refractivity contribution in [2.75, 3.05) is 14.2 Å². The summed E-state index contributed by atoms with van der Waals surface area (Å²) in [5.74, 6) is -1.33. The van der Waals surface area contributed by atoms with Gasteiger partial charge in [-0.25, -0.2) is 0 Å². The molecule has 4 aromatic carbocycles. The van der Waals surface area contributed by atoms with E-state index in [0.29, 0.717) is 44.5 Å². The quantitative estimate of drug-likeness (QED) is 0.226. The number of hydrogen-bond donors (Lipinski definition) is 2. The number of carbonyl (C=O) groups excluding carboxylic acids is 4. The van der Waals surface area contributed by atoms with Crippen LogP contribution in [-0.2, 0) is 19.1 Å². The molecule has 0 spiro atoms. The molecule has 2 fully saturated rings. The third-order valence-electron chi connectivity index (χ3n) is 9.18. The highest BCUT2D eigenvalue weighted by atomic mass is 16.6. The van der Waals surface area contributed by atoms with Crippen LogP contribution in [0.1, 0.15) is 70.7 Å². The van der Waals surface area contributed by atoms with Gasteiger partial charge in [-0.05, 0) is 49.2 Å². The molecule has 0 radical (unpaired) electrons. The van der Waals surface area contributed by atoms with Gasteiger partial charge in [-0.15, -0.1) is 0 Å². The molecule has 234 valence electrons. The lowest BCUT2D eigenvalue weighted by Gasteiger charge is -2.19. The summed E-state index contributed by atoms with van der Waals surface area (Å²) in [6, 6.07) is 6.86. The lowest BCUT2D eigenvalue weighted by Crippen LogP contribution is -2.12. The lowest BCUT2D eigenvalue weighted by molar-refractivity contribution is -0.142. The van der Waals surface area contributed by atoms with Crippen molar-refractivity contribution in [1.29, 1.82) is 0 Å². The zero-order valence-corrected chi connectivity index (χ0v) is 25.0. The molecular formula is C34H26O12. The summed E-state index contributed by atoms with van der Waals surface area (Å²) in [5, 5.41) is 24.2. The first kappa shape index (κ1) is 28.0. The van der Waals surface area contributed by atoms with Gasteiger partial charge >= 0.3 is 11.9 Å². The van der Waals surface area contributed by atoms with E-state index in [9.17, 15) is 29.4 Å². The molecular weight excluding hydrogens is 600 g/mol. The Morgan fingerprint density at radius 3 is 1.41 bits per heavy atom. The largest absolute Gasteiger partial charge is 0.506 e. The maximum absolute atomic E-state index is 12.8. The van der Waals surface area contributed by atoms with Gasteiger partial charge in [-0.2, -0.15) is 0 Å². The highest BCUT2D eigenvalue weighted by molar-refractivity contribution is 6.13. The number of esters is 2. The number of benzene rings is 4. The van der Waals surface area contributed by atoms with Crippen LogP contribution in [0.4, 0.5) is 0 Å². The third-order valence-corrected chi connectivity index (χ3v) is 9.18. The first-order valence-corrected chi connectivity index (χ1v) is 14.6. The molecule has 4 aliphatic heterocycles. The van der Waals surface area contributed by atoms with Gasteiger partial charge in [0.25, 0.3) is 0 Å². The molecule has 2 saturated heterocycles. The van der Waals surface area contributed by atoms with Crippen molar-refractivity contribution >= 4 is 45.0 Å². The minimum atomic E-state index is -0.848. The van der Waals surface area contributed by atoms with Gasteiger partial charge in [0.15, 0.2) is 36.0 Å². The van der Waals surface area contributed by atoms with Crippen molar-refractivity contribution < 1.29 is 57.8 Å². The summed E-state index contributed by atoms with van der Waals surface area (Å²) in [7, 11) is 2.86. The summed E-state index contributed by atoms with van der Waals surface area (Å²) in [6.45, 7) is 2.63. The number of carbonyl (C=O) groups is 4. The fourth-order valence-corrected chi connectivity index (χ4v) is 7.34. The Morgan fingerprint density at radius 2 is 1.07 bits per heavy atom. The molecule has 12 heteroatoms. The molecule has 0 amide bonds. The summed E-state index contributed by atoms with van der Waals surface area (Å²) in [4.78, 5) is 49.8. The molecule has 4 heterocycles. The molecule has 0 aromatic heterocycles. The predicted octanol–water partition coefficient (Wildman–Crippen LogP) is 4.99. The van der Waals surface area contributed by atoms with Crippen molar-refractivity contribution in [3.05, 3.63) is 46.5 Å².